The van der Waals surface area contributed by atoms with E-state index in [0.29, 0.717) is 6.04 Å². The minimum Gasteiger partial charge on any atom is -0.494 e. The van der Waals surface area contributed by atoms with Gasteiger partial charge >= 0.3 is 0 Å². The van der Waals surface area contributed by atoms with E-state index >= 15 is 0 Å². The van der Waals surface area contributed by atoms with Crippen molar-refractivity contribution in [3.8, 4) is 5.75 Å². The van der Waals surface area contributed by atoms with Crippen LogP contribution in [-0.2, 0) is 0 Å². The molecule has 1 N–H and O–H groups in total. The van der Waals surface area contributed by atoms with Gasteiger partial charge in [-0.3, -0.25) is 0 Å². The molecule has 19 heavy (non-hydrogen) atoms. The number of hydrogen-bond donors (Lipinski definition) is 1. The van der Waals surface area contributed by atoms with Crippen LogP contribution in [0, 0.1) is 6.92 Å². The molecule has 1 atom stereocenters. The molecule has 1 fully saturated rings. The summed E-state index contributed by atoms with van der Waals surface area (Å²) in [7, 11) is 0. The average molecular weight is 255 g/mol. The largest absolute Gasteiger partial charge is 0.494 e. The zero-order valence-electron chi connectivity index (χ0n) is 11.5. The van der Waals surface area contributed by atoms with Crippen LogP contribution in [-0.4, -0.2) is 19.2 Å². The molecular weight excluding hydrogens is 234 g/mol. The predicted octanol–water partition coefficient (Wildman–Crippen LogP) is 3.67. The molecule has 0 aromatic heterocycles. The minimum absolute atomic E-state index is 0.655. The third kappa shape index (κ3) is 3.07. The van der Waals surface area contributed by atoms with Gasteiger partial charge in [0.2, 0.25) is 0 Å². The Hall–Kier alpha value is -1.54. The van der Waals surface area contributed by atoms with Crippen molar-refractivity contribution in [3.63, 3.8) is 0 Å². The second-order valence-corrected chi connectivity index (χ2v) is 5.44. The number of fused-ring (bicyclic) bond motifs is 1. The van der Waals surface area contributed by atoms with Crippen LogP contribution in [0.3, 0.4) is 0 Å². The first-order valence-electron chi connectivity index (χ1n) is 7.18. The normalized spacial score (nSPS) is 18.9. The highest BCUT2D eigenvalue weighted by Crippen LogP contribution is 2.22. The third-order valence-corrected chi connectivity index (χ3v) is 3.86. The van der Waals surface area contributed by atoms with Gasteiger partial charge < -0.3 is 10.1 Å². The van der Waals surface area contributed by atoms with Gasteiger partial charge in [-0.05, 0) is 55.6 Å². The van der Waals surface area contributed by atoms with Crippen molar-refractivity contribution in [3.05, 3.63) is 42.0 Å². The first-order valence-corrected chi connectivity index (χ1v) is 7.18. The predicted molar refractivity (Wildman–Crippen MR) is 79.8 cm³/mol. The summed E-state index contributed by atoms with van der Waals surface area (Å²) in [6.07, 6.45) is 3.70. The average Bonchev–Trinajstić information content (AvgIpc) is 2.91. The molecule has 2 heteroatoms. The number of ether oxygens (including phenoxy) is 1. The highest BCUT2D eigenvalue weighted by Gasteiger charge is 2.13. The first kappa shape index (κ1) is 12.5. The highest BCUT2D eigenvalue weighted by molar-refractivity contribution is 5.84. The molecule has 2 nitrogen and oxygen atoms in total. The SMILES string of the molecule is Cc1ccc2ccc(OCCC3CCCN3)cc2c1. The van der Waals surface area contributed by atoms with Crippen molar-refractivity contribution in [2.75, 3.05) is 13.2 Å². The summed E-state index contributed by atoms with van der Waals surface area (Å²) in [5.74, 6) is 0.982. The number of aryl methyl sites for hydroxylation is 1. The summed E-state index contributed by atoms with van der Waals surface area (Å²) >= 11 is 0. The van der Waals surface area contributed by atoms with E-state index in [2.05, 4.69) is 48.6 Å². The molecule has 0 spiro atoms. The summed E-state index contributed by atoms with van der Waals surface area (Å²) < 4.78 is 5.88. The second-order valence-electron chi connectivity index (χ2n) is 5.44. The van der Waals surface area contributed by atoms with Crippen molar-refractivity contribution < 1.29 is 4.74 Å². The molecule has 0 bridgehead atoms. The van der Waals surface area contributed by atoms with Crippen LogP contribution in [0.4, 0.5) is 0 Å². The van der Waals surface area contributed by atoms with Crippen LogP contribution in [0.25, 0.3) is 10.8 Å². The monoisotopic (exact) mass is 255 g/mol. The molecule has 0 amide bonds. The third-order valence-electron chi connectivity index (χ3n) is 3.86. The van der Waals surface area contributed by atoms with E-state index < -0.39 is 0 Å². The van der Waals surface area contributed by atoms with Crippen LogP contribution >= 0.6 is 0 Å². The lowest BCUT2D eigenvalue weighted by atomic mass is 10.1. The molecule has 100 valence electrons. The van der Waals surface area contributed by atoms with Gasteiger partial charge in [-0.2, -0.15) is 0 Å². The summed E-state index contributed by atoms with van der Waals surface area (Å²) in [5, 5.41) is 6.03. The van der Waals surface area contributed by atoms with Crippen molar-refractivity contribution >= 4 is 10.8 Å². The lowest BCUT2D eigenvalue weighted by molar-refractivity contribution is 0.292. The van der Waals surface area contributed by atoms with Gasteiger partial charge in [0.05, 0.1) is 6.61 Å². The molecule has 1 unspecified atom stereocenters. The van der Waals surface area contributed by atoms with Crippen LogP contribution in [0.1, 0.15) is 24.8 Å². The van der Waals surface area contributed by atoms with Gasteiger partial charge in [0.1, 0.15) is 5.75 Å². The Bertz CT molecular complexity index is 558. The maximum atomic E-state index is 5.88. The molecule has 0 radical (unpaired) electrons. The number of nitrogens with one attached hydrogen (secondary N) is 1. The number of benzene rings is 2. The molecule has 1 saturated heterocycles. The fraction of sp³-hybridized carbons (Fsp3) is 0.412. The van der Waals surface area contributed by atoms with E-state index in [9.17, 15) is 0 Å². The number of hydrogen-bond acceptors (Lipinski definition) is 2. The minimum atomic E-state index is 0.655. The van der Waals surface area contributed by atoms with E-state index in [1.165, 1.54) is 35.7 Å². The van der Waals surface area contributed by atoms with Gasteiger partial charge in [-0.15, -0.1) is 0 Å². The van der Waals surface area contributed by atoms with Gasteiger partial charge in [-0.25, -0.2) is 0 Å². The van der Waals surface area contributed by atoms with Crippen molar-refractivity contribution in [2.45, 2.75) is 32.2 Å². The fourth-order valence-electron chi connectivity index (χ4n) is 2.76. The van der Waals surface area contributed by atoms with E-state index in [4.69, 9.17) is 4.74 Å². The highest BCUT2D eigenvalue weighted by atomic mass is 16.5. The van der Waals surface area contributed by atoms with E-state index in [-0.39, 0.29) is 0 Å². The van der Waals surface area contributed by atoms with E-state index in [1.807, 2.05) is 0 Å². The van der Waals surface area contributed by atoms with Crippen LogP contribution in [0.2, 0.25) is 0 Å². The molecule has 1 aliphatic heterocycles. The molecule has 1 aliphatic rings. The molecule has 1 heterocycles. The molecular formula is C17H21NO. The van der Waals surface area contributed by atoms with Gasteiger partial charge in [0, 0.05) is 6.04 Å². The molecule has 3 rings (SSSR count). The summed E-state index contributed by atoms with van der Waals surface area (Å²) in [4.78, 5) is 0. The maximum absolute atomic E-state index is 5.88. The Morgan fingerprint density at radius 2 is 2.05 bits per heavy atom. The van der Waals surface area contributed by atoms with Crippen molar-refractivity contribution in [1.29, 1.82) is 0 Å². The Morgan fingerprint density at radius 1 is 1.16 bits per heavy atom. The van der Waals surface area contributed by atoms with E-state index in [1.54, 1.807) is 0 Å². The van der Waals surface area contributed by atoms with Crippen molar-refractivity contribution in [1.82, 2.24) is 5.32 Å². The van der Waals surface area contributed by atoms with Crippen LogP contribution in [0.15, 0.2) is 36.4 Å². The Kier molecular flexibility index (Phi) is 3.69. The van der Waals surface area contributed by atoms with Crippen LogP contribution < -0.4 is 10.1 Å². The fourth-order valence-corrected chi connectivity index (χ4v) is 2.76. The summed E-state index contributed by atoms with van der Waals surface area (Å²) in [6, 6.07) is 13.5. The second kappa shape index (κ2) is 5.62. The zero-order chi connectivity index (χ0) is 13.1. The molecule has 0 aliphatic carbocycles. The molecule has 0 saturated carbocycles. The lowest BCUT2D eigenvalue weighted by Gasteiger charge is -2.11. The first-order chi connectivity index (χ1) is 9.31. The Labute approximate surface area is 114 Å². The van der Waals surface area contributed by atoms with Gasteiger partial charge in [0.25, 0.3) is 0 Å². The smallest absolute Gasteiger partial charge is 0.119 e. The molecule has 2 aromatic rings. The Balaban J connectivity index is 1.63. The molecule has 2 aromatic carbocycles. The Morgan fingerprint density at radius 3 is 2.89 bits per heavy atom. The standard InChI is InChI=1S/C17H21NO/c1-13-4-5-14-6-7-17(12-15(14)11-13)19-10-8-16-3-2-9-18-16/h4-7,11-12,16,18H,2-3,8-10H2,1H3. The lowest BCUT2D eigenvalue weighted by Crippen LogP contribution is -2.23. The van der Waals surface area contributed by atoms with E-state index in [0.717, 1.165) is 18.8 Å². The summed E-state index contributed by atoms with van der Waals surface area (Å²) in [6.45, 7) is 4.09. The maximum Gasteiger partial charge on any atom is 0.119 e. The van der Waals surface area contributed by atoms with Gasteiger partial charge in [-0.1, -0.05) is 29.8 Å². The van der Waals surface area contributed by atoms with Crippen molar-refractivity contribution in [2.24, 2.45) is 0 Å². The summed E-state index contributed by atoms with van der Waals surface area (Å²) in [5.41, 5.74) is 1.29. The van der Waals surface area contributed by atoms with Crippen LogP contribution in [0.5, 0.6) is 5.75 Å². The topological polar surface area (TPSA) is 21.3 Å². The quantitative estimate of drug-likeness (QED) is 0.900. The zero-order valence-corrected chi connectivity index (χ0v) is 11.5. The van der Waals surface area contributed by atoms with Gasteiger partial charge in [0.15, 0.2) is 0 Å². The number of rotatable bonds is 4.